The lowest BCUT2D eigenvalue weighted by Gasteiger charge is -2.37. The first-order valence-electron chi connectivity index (χ1n) is 7.22. The fraction of sp³-hybridized carbons (Fsp3) is 1.00. The Morgan fingerprint density at radius 1 is 0.941 bits per heavy atom. The highest BCUT2D eigenvalue weighted by molar-refractivity contribution is 4.80. The smallest absolute Gasteiger partial charge is 0.0499 e. The van der Waals surface area contributed by atoms with E-state index in [0.29, 0.717) is 18.4 Å². The van der Waals surface area contributed by atoms with Crippen LogP contribution in [-0.4, -0.2) is 36.2 Å². The maximum atomic E-state index is 9.67. The first kappa shape index (κ1) is 16.9. The van der Waals surface area contributed by atoms with E-state index in [-0.39, 0.29) is 5.41 Å². The molecule has 0 saturated heterocycles. The fourth-order valence-electron chi connectivity index (χ4n) is 2.46. The highest BCUT2D eigenvalue weighted by Gasteiger charge is 2.28. The zero-order valence-corrected chi connectivity index (χ0v) is 12.8. The van der Waals surface area contributed by atoms with Gasteiger partial charge in [-0.3, -0.25) is 0 Å². The van der Waals surface area contributed by atoms with Crippen molar-refractivity contribution in [2.24, 2.45) is 17.3 Å². The molecular weight excluding hydrogens is 210 g/mol. The molecule has 0 saturated carbocycles. The summed E-state index contributed by atoms with van der Waals surface area (Å²) in [4.78, 5) is 2.54. The van der Waals surface area contributed by atoms with Gasteiger partial charge >= 0.3 is 0 Å². The van der Waals surface area contributed by atoms with E-state index >= 15 is 0 Å². The van der Waals surface area contributed by atoms with Crippen molar-refractivity contribution >= 4 is 0 Å². The Morgan fingerprint density at radius 3 is 1.59 bits per heavy atom. The fourth-order valence-corrected chi connectivity index (χ4v) is 2.46. The van der Waals surface area contributed by atoms with Gasteiger partial charge < -0.3 is 10.0 Å². The van der Waals surface area contributed by atoms with E-state index in [1.165, 1.54) is 0 Å². The minimum atomic E-state index is 0.101. The predicted molar refractivity (Wildman–Crippen MR) is 76.2 cm³/mol. The lowest BCUT2D eigenvalue weighted by molar-refractivity contribution is 0.0560. The molecule has 0 spiro atoms. The number of hydrogen-bond donors (Lipinski definition) is 1. The molecule has 0 aliphatic carbocycles. The zero-order chi connectivity index (χ0) is 13.5. The van der Waals surface area contributed by atoms with Crippen molar-refractivity contribution in [3.05, 3.63) is 0 Å². The summed E-state index contributed by atoms with van der Waals surface area (Å²) in [6.45, 7) is 17.1. The van der Waals surface area contributed by atoms with Crippen molar-refractivity contribution in [2.75, 3.05) is 26.2 Å². The molecule has 1 N–H and O–H groups in total. The summed E-state index contributed by atoms with van der Waals surface area (Å²) >= 11 is 0. The van der Waals surface area contributed by atoms with E-state index in [1.54, 1.807) is 0 Å². The van der Waals surface area contributed by atoms with Gasteiger partial charge in [-0.05, 0) is 24.7 Å². The first-order valence-corrected chi connectivity index (χ1v) is 7.22. The standard InChI is InChI=1S/C15H33NO/c1-7-15(8-2,12-17)11-16(9-13(3)4)10-14(5)6/h13-14,17H,7-12H2,1-6H3. The van der Waals surface area contributed by atoms with Crippen molar-refractivity contribution in [3.8, 4) is 0 Å². The molecule has 17 heavy (non-hydrogen) atoms. The first-order chi connectivity index (χ1) is 7.89. The van der Waals surface area contributed by atoms with Crippen LogP contribution in [-0.2, 0) is 0 Å². The molecule has 0 aromatic carbocycles. The van der Waals surface area contributed by atoms with Gasteiger partial charge in [-0.25, -0.2) is 0 Å². The maximum Gasteiger partial charge on any atom is 0.0499 e. The average Bonchev–Trinajstić information content (AvgIpc) is 2.24. The van der Waals surface area contributed by atoms with Gasteiger partial charge in [-0.1, -0.05) is 41.5 Å². The molecule has 0 radical (unpaired) electrons. The van der Waals surface area contributed by atoms with E-state index in [9.17, 15) is 5.11 Å². The summed E-state index contributed by atoms with van der Waals surface area (Å²) in [6, 6.07) is 0. The zero-order valence-electron chi connectivity index (χ0n) is 12.8. The second-order valence-corrected chi connectivity index (χ2v) is 6.35. The van der Waals surface area contributed by atoms with Crippen molar-refractivity contribution in [2.45, 2.75) is 54.4 Å². The summed E-state index contributed by atoms with van der Waals surface area (Å²) in [6.07, 6.45) is 2.12. The lowest BCUT2D eigenvalue weighted by Crippen LogP contribution is -2.42. The molecule has 0 aromatic heterocycles. The molecule has 0 atom stereocenters. The van der Waals surface area contributed by atoms with Gasteiger partial charge in [-0.15, -0.1) is 0 Å². The molecule has 104 valence electrons. The number of aliphatic hydroxyl groups is 1. The van der Waals surface area contributed by atoms with Crippen molar-refractivity contribution < 1.29 is 5.11 Å². The summed E-state index contributed by atoms with van der Waals surface area (Å²) in [5.74, 6) is 1.39. The Bertz CT molecular complexity index is 167. The number of aliphatic hydroxyl groups excluding tert-OH is 1. The second kappa shape index (κ2) is 8.10. The normalized spacial score (nSPS) is 13.1. The van der Waals surface area contributed by atoms with Crippen LogP contribution < -0.4 is 0 Å². The van der Waals surface area contributed by atoms with Gasteiger partial charge in [0, 0.05) is 31.7 Å². The third-order valence-electron chi connectivity index (χ3n) is 3.64. The molecule has 0 aliphatic rings. The summed E-state index contributed by atoms with van der Waals surface area (Å²) in [5, 5.41) is 9.67. The molecule has 0 bridgehead atoms. The largest absolute Gasteiger partial charge is 0.396 e. The number of nitrogens with zero attached hydrogens (tertiary/aromatic N) is 1. The average molecular weight is 243 g/mol. The molecule has 0 unspecified atom stereocenters. The van der Waals surface area contributed by atoms with Crippen LogP contribution in [0, 0.1) is 17.3 Å². The Morgan fingerprint density at radius 2 is 1.35 bits per heavy atom. The third-order valence-corrected chi connectivity index (χ3v) is 3.64. The van der Waals surface area contributed by atoms with Crippen LogP contribution in [0.25, 0.3) is 0 Å². The van der Waals surface area contributed by atoms with Crippen molar-refractivity contribution in [1.29, 1.82) is 0 Å². The Hall–Kier alpha value is -0.0800. The van der Waals surface area contributed by atoms with Gasteiger partial charge in [0.25, 0.3) is 0 Å². The van der Waals surface area contributed by atoms with E-state index in [1.807, 2.05) is 0 Å². The monoisotopic (exact) mass is 243 g/mol. The summed E-state index contributed by atoms with van der Waals surface area (Å²) in [7, 11) is 0. The quantitative estimate of drug-likeness (QED) is 0.671. The topological polar surface area (TPSA) is 23.5 Å². The van der Waals surface area contributed by atoms with Crippen molar-refractivity contribution in [1.82, 2.24) is 4.90 Å². The van der Waals surface area contributed by atoms with E-state index in [0.717, 1.165) is 32.5 Å². The minimum absolute atomic E-state index is 0.101. The van der Waals surface area contributed by atoms with Gasteiger partial charge in [0.1, 0.15) is 0 Å². The number of hydrogen-bond acceptors (Lipinski definition) is 2. The number of rotatable bonds is 9. The molecule has 2 heteroatoms. The third kappa shape index (κ3) is 6.42. The van der Waals surface area contributed by atoms with Crippen LogP contribution in [0.15, 0.2) is 0 Å². The van der Waals surface area contributed by atoms with E-state index < -0.39 is 0 Å². The Labute approximate surface area is 108 Å². The molecule has 0 amide bonds. The van der Waals surface area contributed by atoms with Crippen LogP contribution >= 0.6 is 0 Å². The Balaban J connectivity index is 4.57. The Kier molecular flexibility index (Phi) is 8.06. The molecular formula is C15H33NO. The second-order valence-electron chi connectivity index (χ2n) is 6.35. The highest BCUT2D eigenvalue weighted by atomic mass is 16.3. The van der Waals surface area contributed by atoms with Crippen LogP contribution in [0.2, 0.25) is 0 Å². The van der Waals surface area contributed by atoms with Crippen LogP contribution in [0.3, 0.4) is 0 Å². The molecule has 0 fully saturated rings. The molecule has 0 heterocycles. The molecule has 2 nitrogen and oxygen atoms in total. The summed E-state index contributed by atoms with van der Waals surface area (Å²) < 4.78 is 0. The predicted octanol–water partition coefficient (Wildman–Crippen LogP) is 3.40. The van der Waals surface area contributed by atoms with Gasteiger partial charge in [-0.2, -0.15) is 0 Å². The van der Waals surface area contributed by atoms with Crippen LogP contribution in [0.5, 0.6) is 0 Å². The van der Waals surface area contributed by atoms with Gasteiger partial charge in [0.05, 0.1) is 0 Å². The summed E-state index contributed by atoms with van der Waals surface area (Å²) in [5.41, 5.74) is 0.101. The lowest BCUT2D eigenvalue weighted by atomic mass is 9.82. The minimum Gasteiger partial charge on any atom is -0.396 e. The SMILES string of the molecule is CCC(CC)(CO)CN(CC(C)C)CC(C)C. The van der Waals surface area contributed by atoms with Gasteiger partial charge in [0.2, 0.25) is 0 Å². The molecule has 0 aromatic rings. The molecule has 0 rings (SSSR count). The van der Waals surface area contributed by atoms with E-state index in [4.69, 9.17) is 0 Å². The van der Waals surface area contributed by atoms with Gasteiger partial charge in [0.15, 0.2) is 0 Å². The van der Waals surface area contributed by atoms with E-state index in [2.05, 4.69) is 46.4 Å². The van der Waals surface area contributed by atoms with Crippen molar-refractivity contribution in [3.63, 3.8) is 0 Å². The van der Waals surface area contributed by atoms with Crippen LogP contribution in [0.1, 0.15) is 54.4 Å². The highest BCUT2D eigenvalue weighted by Crippen LogP contribution is 2.27. The maximum absolute atomic E-state index is 9.67. The molecule has 0 aliphatic heterocycles. The van der Waals surface area contributed by atoms with Crippen LogP contribution in [0.4, 0.5) is 0 Å².